The molecule has 5 nitrogen and oxygen atoms in total. The van der Waals surface area contributed by atoms with Gasteiger partial charge in [-0.25, -0.2) is 4.39 Å². The molecule has 0 unspecified atom stereocenters. The van der Waals surface area contributed by atoms with E-state index in [2.05, 4.69) is 15.5 Å². The molecule has 146 valence electrons. The molecule has 1 N–H and O–H groups in total. The Labute approximate surface area is 172 Å². The average Bonchev–Trinajstić information content (AvgIpc) is 3.09. The second-order valence-electron chi connectivity index (χ2n) is 6.17. The SMILES string of the molecule is CCn1c(S[C@@H](C)C(=O)NCc2ccc(F)cc2)nnc1-c1cccc(Cl)c1. The van der Waals surface area contributed by atoms with Crippen LogP contribution < -0.4 is 5.32 Å². The zero-order chi connectivity index (χ0) is 20.1. The van der Waals surface area contributed by atoms with Crippen LogP contribution in [0.25, 0.3) is 11.4 Å². The largest absolute Gasteiger partial charge is 0.351 e. The van der Waals surface area contributed by atoms with Crippen molar-refractivity contribution in [2.75, 3.05) is 0 Å². The highest BCUT2D eigenvalue weighted by Crippen LogP contribution is 2.28. The van der Waals surface area contributed by atoms with Crippen molar-refractivity contribution >= 4 is 29.3 Å². The van der Waals surface area contributed by atoms with E-state index in [-0.39, 0.29) is 17.0 Å². The van der Waals surface area contributed by atoms with Crippen LogP contribution in [0.5, 0.6) is 0 Å². The minimum atomic E-state index is -0.359. The lowest BCUT2D eigenvalue weighted by Crippen LogP contribution is -2.30. The highest BCUT2D eigenvalue weighted by Gasteiger charge is 2.20. The molecule has 1 amide bonds. The van der Waals surface area contributed by atoms with Crippen LogP contribution >= 0.6 is 23.4 Å². The number of carbonyl (C=O) groups is 1. The molecule has 0 saturated carbocycles. The third-order valence-corrected chi connectivity index (χ3v) is 5.46. The summed E-state index contributed by atoms with van der Waals surface area (Å²) in [6.45, 7) is 4.83. The van der Waals surface area contributed by atoms with E-state index in [0.29, 0.717) is 29.1 Å². The molecule has 0 aliphatic rings. The summed E-state index contributed by atoms with van der Waals surface area (Å²) in [4.78, 5) is 12.4. The van der Waals surface area contributed by atoms with Crippen molar-refractivity contribution in [1.29, 1.82) is 0 Å². The lowest BCUT2D eigenvalue weighted by molar-refractivity contribution is -0.120. The van der Waals surface area contributed by atoms with Gasteiger partial charge in [0.05, 0.1) is 5.25 Å². The Kier molecular flexibility index (Phi) is 6.70. The Morgan fingerprint density at radius 3 is 2.68 bits per heavy atom. The first kappa shape index (κ1) is 20.4. The first-order chi connectivity index (χ1) is 13.5. The van der Waals surface area contributed by atoms with E-state index in [4.69, 9.17) is 11.6 Å². The van der Waals surface area contributed by atoms with Crippen molar-refractivity contribution in [3.8, 4) is 11.4 Å². The van der Waals surface area contributed by atoms with Crippen LogP contribution in [-0.4, -0.2) is 25.9 Å². The molecule has 8 heteroatoms. The molecular formula is C20H20ClFN4OS. The van der Waals surface area contributed by atoms with Crippen molar-refractivity contribution in [3.63, 3.8) is 0 Å². The zero-order valence-corrected chi connectivity index (χ0v) is 17.1. The number of benzene rings is 2. The molecule has 28 heavy (non-hydrogen) atoms. The fourth-order valence-electron chi connectivity index (χ4n) is 2.65. The van der Waals surface area contributed by atoms with E-state index in [9.17, 15) is 9.18 Å². The van der Waals surface area contributed by atoms with Crippen molar-refractivity contribution in [3.05, 3.63) is 64.9 Å². The molecular weight excluding hydrogens is 399 g/mol. The number of hydrogen-bond donors (Lipinski definition) is 1. The number of rotatable bonds is 7. The lowest BCUT2D eigenvalue weighted by Gasteiger charge is -2.13. The molecule has 0 spiro atoms. The predicted molar refractivity (Wildman–Crippen MR) is 110 cm³/mol. The van der Waals surface area contributed by atoms with E-state index in [1.54, 1.807) is 18.2 Å². The molecule has 0 aliphatic carbocycles. The third kappa shape index (κ3) is 4.91. The Morgan fingerprint density at radius 1 is 1.25 bits per heavy atom. The van der Waals surface area contributed by atoms with Gasteiger partial charge in [0.15, 0.2) is 11.0 Å². The van der Waals surface area contributed by atoms with Crippen LogP contribution in [0, 0.1) is 5.82 Å². The van der Waals surface area contributed by atoms with Gasteiger partial charge in [-0.3, -0.25) is 4.79 Å². The van der Waals surface area contributed by atoms with Gasteiger partial charge in [0, 0.05) is 23.7 Å². The van der Waals surface area contributed by atoms with Gasteiger partial charge in [-0.1, -0.05) is 47.6 Å². The molecule has 0 radical (unpaired) electrons. The van der Waals surface area contributed by atoms with Crippen LogP contribution in [-0.2, 0) is 17.9 Å². The standard InChI is InChI=1S/C20H20ClFN4OS/c1-3-26-18(15-5-4-6-16(21)11-15)24-25-20(26)28-13(2)19(27)23-12-14-7-9-17(22)10-8-14/h4-11,13H,3,12H2,1-2H3,(H,23,27)/t13-/m0/s1. The van der Waals surface area contributed by atoms with Gasteiger partial charge in [0.1, 0.15) is 5.82 Å². The molecule has 0 bridgehead atoms. The fraction of sp³-hybridized carbons (Fsp3) is 0.250. The quantitative estimate of drug-likeness (QED) is 0.571. The maximum Gasteiger partial charge on any atom is 0.233 e. The van der Waals surface area contributed by atoms with E-state index < -0.39 is 0 Å². The minimum Gasteiger partial charge on any atom is -0.351 e. The minimum absolute atomic E-state index is 0.121. The summed E-state index contributed by atoms with van der Waals surface area (Å²) in [6.07, 6.45) is 0. The number of thioether (sulfide) groups is 1. The number of nitrogens with zero attached hydrogens (tertiary/aromatic N) is 3. The van der Waals surface area contributed by atoms with Gasteiger partial charge < -0.3 is 9.88 Å². The molecule has 0 fully saturated rings. The van der Waals surface area contributed by atoms with Gasteiger partial charge >= 0.3 is 0 Å². The molecule has 0 saturated heterocycles. The number of amides is 1. The summed E-state index contributed by atoms with van der Waals surface area (Å²) in [7, 11) is 0. The predicted octanol–water partition coefficient (Wildman–Crippen LogP) is 4.55. The van der Waals surface area contributed by atoms with Gasteiger partial charge in [-0.15, -0.1) is 10.2 Å². The topological polar surface area (TPSA) is 59.8 Å². The van der Waals surface area contributed by atoms with Crippen LogP contribution in [0.15, 0.2) is 53.7 Å². The lowest BCUT2D eigenvalue weighted by atomic mass is 10.2. The molecule has 1 aromatic heterocycles. The Hall–Kier alpha value is -2.38. The number of nitrogens with one attached hydrogen (secondary N) is 1. The van der Waals surface area contributed by atoms with Gasteiger partial charge in [-0.2, -0.15) is 0 Å². The summed E-state index contributed by atoms with van der Waals surface area (Å²) < 4.78 is 14.9. The average molecular weight is 419 g/mol. The molecule has 0 aliphatic heterocycles. The number of aromatic nitrogens is 3. The smallest absolute Gasteiger partial charge is 0.233 e. The highest BCUT2D eigenvalue weighted by molar-refractivity contribution is 8.00. The molecule has 3 aromatic rings. The Morgan fingerprint density at radius 2 is 2.00 bits per heavy atom. The summed E-state index contributed by atoms with van der Waals surface area (Å²) >= 11 is 7.43. The maximum atomic E-state index is 13.0. The van der Waals surface area contributed by atoms with Gasteiger partial charge in [0.2, 0.25) is 5.91 Å². The zero-order valence-electron chi connectivity index (χ0n) is 15.5. The second kappa shape index (κ2) is 9.21. The molecule has 1 atom stereocenters. The van der Waals surface area contributed by atoms with Crippen LogP contribution in [0.4, 0.5) is 4.39 Å². The van der Waals surface area contributed by atoms with E-state index in [1.165, 1.54) is 23.9 Å². The summed E-state index contributed by atoms with van der Waals surface area (Å²) in [6, 6.07) is 13.5. The van der Waals surface area contributed by atoms with Crippen molar-refractivity contribution < 1.29 is 9.18 Å². The van der Waals surface area contributed by atoms with Crippen molar-refractivity contribution in [2.45, 2.75) is 37.3 Å². The van der Waals surface area contributed by atoms with E-state index in [0.717, 1.165) is 11.1 Å². The Bertz CT molecular complexity index is 961. The van der Waals surface area contributed by atoms with Crippen LogP contribution in [0.2, 0.25) is 5.02 Å². The number of carbonyl (C=O) groups excluding carboxylic acids is 1. The third-order valence-electron chi connectivity index (χ3n) is 4.15. The second-order valence-corrected chi connectivity index (χ2v) is 7.91. The summed E-state index contributed by atoms with van der Waals surface area (Å²) in [5, 5.41) is 12.3. The van der Waals surface area contributed by atoms with E-state index >= 15 is 0 Å². The van der Waals surface area contributed by atoms with Crippen LogP contribution in [0.1, 0.15) is 19.4 Å². The molecule has 3 rings (SSSR count). The first-order valence-electron chi connectivity index (χ1n) is 8.86. The Balaban J connectivity index is 1.67. The van der Waals surface area contributed by atoms with Crippen LogP contribution in [0.3, 0.4) is 0 Å². The van der Waals surface area contributed by atoms with Crippen molar-refractivity contribution in [2.24, 2.45) is 0 Å². The summed E-state index contributed by atoms with van der Waals surface area (Å²) in [5.41, 5.74) is 1.72. The van der Waals surface area contributed by atoms with Crippen molar-refractivity contribution in [1.82, 2.24) is 20.1 Å². The maximum absolute atomic E-state index is 13.0. The normalized spacial score (nSPS) is 12.0. The number of hydrogen-bond acceptors (Lipinski definition) is 4. The summed E-state index contributed by atoms with van der Waals surface area (Å²) in [5.74, 6) is 0.295. The van der Waals surface area contributed by atoms with Gasteiger partial charge in [-0.05, 0) is 43.7 Å². The molecule has 1 heterocycles. The monoisotopic (exact) mass is 418 g/mol. The first-order valence-corrected chi connectivity index (χ1v) is 10.1. The number of halogens is 2. The fourth-order valence-corrected chi connectivity index (χ4v) is 3.78. The van der Waals surface area contributed by atoms with Gasteiger partial charge in [0.25, 0.3) is 0 Å². The van der Waals surface area contributed by atoms with E-state index in [1.807, 2.05) is 36.6 Å². The highest BCUT2D eigenvalue weighted by atomic mass is 35.5. The molecule has 2 aromatic carbocycles.